The Hall–Kier alpha value is -0.790. The molecule has 0 amide bonds. The fourth-order valence-electron chi connectivity index (χ4n) is 9.22. The van der Waals surface area contributed by atoms with Crippen LogP contribution in [0.3, 0.4) is 0 Å². The van der Waals surface area contributed by atoms with E-state index in [2.05, 4.69) is 12.2 Å². The topological polar surface area (TPSA) is 26.3 Å². The summed E-state index contributed by atoms with van der Waals surface area (Å²) >= 11 is 0. The normalized spacial score (nSPS) is 56.5. The van der Waals surface area contributed by atoms with E-state index in [1.54, 1.807) is 0 Å². The predicted octanol–water partition coefficient (Wildman–Crippen LogP) is 4.69. The number of ether oxygens (including phenoxy) is 1. The predicted molar refractivity (Wildman–Crippen MR) is 96.5 cm³/mol. The van der Waals surface area contributed by atoms with Gasteiger partial charge in [-0.05, 0) is 112 Å². The average Bonchev–Trinajstić information content (AvgIpc) is 3.29. The van der Waals surface area contributed by atoms with Crippen molar-refractivity contribution in [3.8, 4) is 0 Å². The van der Waals surface area contributed by atoms with Gasteiger partial charge in [-0.25, -0.2) is 0 Å². The molecule has 0 radical (unpaired) electrons. The van der Waals surface area contributed by atoms with Crippen LogP contribution in [-0.4, -0.2) is 11.6 Å². The summed E-state index contributed by atoms with van der Waals surface area (Å²) in [6.45, 7) is 5.96. The van der Waals surface area contributed by atoms with Gasteiger partial charge in [0.15, 0.2) is 0 Å². The van der Waals surface area contributed by atoms with E-state index in [9.17, 15) is 4.79 Å². The van der Waals surface area contributed by atoms with Gasteiger partial charge in [0, 0.05) is 6.42 Å². The molecule has 0 heterocycles. The monoisotopic (exact) mass is 340 g/mol. The molecule has 0 aromatic rings. The van der Waals surface area contributed by atoms with Crippen LogP contribution < -0.4 is 0 Å². The molecule has 5 fully saturated rings. The molecule has 0 aromatic heterocycles. The van der Waals surface area contributed by atoms with E-state index in [0.717, 1.165) is 59.2 Å². The first kappa shape index (κ1) is 15.3. The van der Waals surface area contributed by atoms with Crippen LogP contribution in [-0.2, 0) is 9.53 Å². The lowest BCUT2D eigenvalue weighted by atomic mass is 9.59. The van der Waals surface area contributed by atoms with Gasteiger partial charge in [0.05, 0.1) is 0 Å². The molecule has 2 nitrogen and oxygen atoms in total. The Kier molecular flexibility index (Phi) is 2.89. The number of hydrogen-bond acceptors (Lipinski definition) is 2. The first-order valence-electron chi connectivity index (χ1n) is 10.8. The van der Waals surface area contributed by atoms with E-state index in [0.29, 0.717) is 12.3 Å². The molecule has 25 heavy (non-hydrogen) atoms. The van der Waals surface area contributed by atoms with Gasteiger partial charge < -0.3 is 4.74 Å². The fraction of sp³-hybridized carbons (Fsp3) is 0.870. The quantitative estimate of drug-likeness (QED) is 0.414. The zero-order valence-corrected chi connectivity index (χ0v) is 15.9. The molecule has 6 bridgehead atoms. The van der Waals surface area contributed by atoms with Gasteiger partial charge in [-0.2, -0.15) is 0 Å². The third-order valence-corrected chi connectivity index (χ3v) is 9.22. The first-order chi connectivity index (χ1) is 11.9. The van der Waals surface area contributed by atoms with E-state index in [1.165, 1.54) is 25.7 Å². The molecule has 0 aromatic carbocycles. The minimum atomic E-state index is -0.341. The largest absolute Gasteiger partial charge is 0.460 e. The molecule has 6 aliphatic rings. The van der Waals surface area contributed by atoms with Crippen LogP contribution in [0.4, 0.5) is 0 Å². The fourth-order valence-corrected chi connectivity index (χ4v) is 9.22. The van der Waals surface area contributed by atoms with Crippen LogP contribution in [0.5, 0.6) is 0 Å². The Labute approximate surface area is 151 Å². The van der Waals surface area contributed by atoms with Crippen molar-refractivity contribution in [3.05, 3.63) is 12.2 Å². The average molecular weight is 341 g/mol. The van der Waals surface area contributed by atoms with Crippen molar-refractivity contribution in [1.82, 2.24) is 0 Å². The SMILES string of the molecule is CC(C)(C)OC(=O)CC1CC2CC1C1C3CC(C4C5C=CC(C5)C34)C21. The maximum atomic E-state index is 12.4. The smallest absolute Gasteiger partial charge is 0.306 e. The molecular weight excluding hydrogens is 308 g/mol. The van der Waals surface area contributed by atoms with Crippen LogP contribution in [0, 0.1) is 65.1 Å². The van der Waals surface area contributed by atoms with Crippen molar-refractivity contribution in [3.63, 3.8) is 0 Å². The molecule has 136 valence electrons. The first-order valence-corrected chi connectivity index (χ1v) is 10.8. The molecule has 11 atom stereocenters. The molecule has 0 N–H and O–H groups in total. The molecule has 6 aliphatic carbocycles. The summed E-state index contributed by atoms with van der Waals surface area (Å²) in [4.78, 5) is 12.4. The number of carbonyl (C=O) groups excluding carboxylic acids is 1. The van der Waals surface area contributed by atoms with Crippen LogP contribution in [0.25, 0.3) is 0 Å². The zero-order valence-electron chi connectivity index (χ0n) is 15.9. The van der Waals surface area contributed by atoms with Gasteiger partial charge in [0.1, 0.15) is 5.60 Å². The highest BCUT2D eigenvalue weighted by Gasteiger charge is 2.70. The van der Waals surface area contributed by atoms with Crippen molar-refractivity contribution in [2.24, 2.45) is 65.1 Å². The maximum absolute atomic E-state index is 12.4. The number of hydrogen-bond donors (Lipinski definition) is 0. The Morgan fingerprint density at radius 3 is 2.24 bits per heavy atom. The van der Waals surface area contributed by atoms with E-state index in [1.807, 2.05) is 20.8 Å². The highest BCUT2D eigenvalue weighted by Crippen LogP contribution is 2.76. The van der Waals surface area contributed by atoms with Gasteiger partial charge in [0.2, 0.25) is 0 Å². The summed E-state index contributed by atoms with van der Waals surface area (Å²) in [5.41, 5.74) is -0.341. The van der Waals surface area contributed by atoms with Crippen LogP contribution in [0.1, 0.15) is 52.9 Å². The van der Waals surface area contributed by atoms with Crippen LogP contribution >= 0.6 is 0 Å². The molecule has 0 spiro atoms. The minimum absolute atomic E-state index is 0.0467. The van der Waals surface area contributed by atoms with E-state index in [4.69, 9.17) is 4.74 Å². The Morgan fingerprint density at radius 1 is 0.880 bits per heavy atom. The van der Waals surface area contributed by atoms with E-state index < -0.39 is 0 Å². The summed E-state index contributed by atoms with van der Waals surface area (Å²) in [6.07, 6.45) is 11.6. The molecular formula is C23H32O2. The molecule has 6 rings (SSSR count). The summed E-state index contributed by atoms with van der Waals surface area (Å²) in [7, 11) is 0. The van der Waals surface area contributed by atoms with Crippen LogP contribution in [0.15, 0.2) is 12.2 Å². The van der Waals surface area contributed by atoms with Gasteiger partial charge in [0.25, 0.3) is 0 Å². The van der Waals surface area contributed by atoms with Gasteiger partial charge in [-0.3, -0.25) is 4.79 Å². The third kappa shape index (κ3) is 1.95. The number of esters is 1. The van der Waals surface area contributed by atoms with E-state index >= 15 is 0 Å². The summed E-state index contributed by atoms with van der Waals surface area (Å²) in [5, 5.41) is 0. The van der Waals surface area contributed by atoms with Crippen molar-refractivity contribution >= 4 is 5.97 Å². The third-order valence-electron chi connectivity index (χ3n) is 9.22. The van der Waals surface area contributed by atoms with Crippen molar-refractivity contribution in [1.29, 1.82) is 0 Å². The number of fused-ring (bicyclic) bond motifs is 16. The lowest BCUT2D eigenvalue weighted by molar-refractivity contribution is -0.157. The number of carbonyl (C=O) groups is 1. The number of allylic oxidation sites excluding steroid dienone is 2. The second-order valence-electron chi connectivity index (χ2n) is 11.3. The summed E-state index contributed by atoms with van der Waals surface area (Å²) in [5.74, 6) is 10.4. The number of rotatable bonds is 2. The van der Waals surface area contributed by atoms with Crippen molar-refractivity contribution < 1.29 is 9.53 Å². The maximum Gasteiger partial charge on any atom is 0.306 e. The zero-order chi connectivity index (χ0) is 17.1. The Balaban J connectivity index is 1.21. The highest BCUT2D eigenvalue weighted by molar-refractivity contribution is 5.70. The molecule has 0 saturated heterocycles. The van der Waals surface area contributed by atoms with Gasteiger partial charge in [-0.1, -0.05) is 12.2 Å². The molecule has 5 saturated carbocycles. The van der Waals surface area contributed by atoms with E-state index in [-0.39, 0.29) is 11.6 Å². The summed E-state index contributed by atoms with van der Waals surface area (Å²) < 4.78 is 5.64. The Morgan fingerprint density at radius 2 is 1.56 bits per heavy atom. The van der Waals surface area contributed by atoms with Crippen molar-refractivity contribution in [2.45, 2.75) is 58.5 Å². The molecule has 0 aliphatic heterocycles. The standard InChI is InChI=1S/C23H32O2/c1-23(2,3)25-18(24)9-13-7-14-8-15(13)22-17-10-16(21(14)22)19-11-4-5-12(6-11)20(17)19/h4-5,11-17,19-22H,6-10H2,1-3H3. The Bertz CT molecular complexity index is 643. The lowest BCUT2D eigenvalue weighted by Crippen LogP contribution is -2.42. The highest BCUT2D eigenvalue weighted by atomic mass is 16.6. The molecule has 2 heteroatoms. The second kappa shape index (κ2) is 4.73. The van der Waals surface area contributed by atoms with Gasteiger partial charge >= 0.3 is 5.97 Å². The van der Waals surface area contributed by atoms with Crippen molar-refractivity contribution in [2.75, 3.05) is 0 Å². The lowest BCUT2D eigenvalue weighted by Gasteiger charge is -2.46. The summed E-state index contributed by atoms with van der Waals surface area (Å²) in [6, 6.07) is 0. The van der Waals surface area contributed by atoms with Crippen LogP contribution in [0.2, 0.25) is 0 Å². The second-order valence-corrected chi connectivity index (χ2v) is 11.3. The minimum Gasteiger partial charge on any atom is -0.460 e. The molecule has 11 unspecified atom stereocenters. The van der Waals surface area contributed by atoms with Gasteiger partial charge in [-0.15, -0.1) is 0 Å².